The number of carbonyl (C=O) groups excluding carboxylic acids is 1. The Morgan fingerprint density at radius 2 is 2.00 bits per heavy atom. The third-order valence-electron chi connectivity index (χ3n) is 4.58. The molecule has 11 heteroatoms. The Bertz CT molecular complexity index is 1040. The minimum atomic E-state index is -0.782. The van der Waals surface area contributed by atoms with E-state index in [0.717, 1.165) is 12.5 Å². The number of nitrogen functional groups attached to an aromatic ring is 1. The molecular formula is C18H24N6O5. The van der Waals surface area contributed by atoms with E-state index in [1.54, 1.807) is 11.8 Å². The Morgan fingerprint density at radius 3 is 2.55 bits per heavy atom. The van der Waals surface area contributed by atoms with Gasteiger partial charge in [0.25, 0.3) is 11.2 Å². The average Bonchev–Trinajstić information content (AvgIpc) is 2.66. The minimum Gasteiger partial charge on any atom is -0.383 e. The van der Waals surface area contributed by atoms with Crippen LogP contribution in [0.2, 0.25) is 0 Å². The zero-order chi connectivity index (χ0) is 21.7. The summed E-state index contributed by atoms with van der Waals surface area (Å²) in [7, 11) is 0. The van der Waals surface area contributed by atoms with Gasteiger partial charge in [-0.2, -0.15) is 0 Å². The summed E-state index contributed by atoms with van der Waals surface area (Å²) in [5.74, 6) is -0.777. The van der Waals surface area contributed by atoms with E-state index in [4.69, 9.17) is 11.5 Å². The molecule has 0 fully saturated rings. The van der Waals surface area contributed by atoms with Gasteiger partial charge in [0.1, 0.15) is 11.5 Å². The van der Waals surface area contributed by atoms with Crippen LogP contribution >= 0.6 is 0 Å². The highest BCUT2D eigenvalue weighted by Gasteiger charge is 2.22. The van der Waals surface area contributed by atoms with Crippen molar-refractivity contribution in [1.29, 1.82) is 0 Å². The number of hydrogen-bond acceptors (Lipinski definition) is 7. The van der Waals surface area contributed by atoms with Gasteiger partial charge >= 0.3 is 5.69 Å². The minimum absolute atomic E-state index is 0.00505. The van der Waals surface area contributed by atoms with Crippen molar-refractivity contribution in [2.24, 2.45) is 5.73 Å². The van der Waals surface area contributed by atoms with E-state index >= 15 is 0 Å². The number of amides is 1. The average molecular weight is 404 g/mol. The number of H-pyrrole nitrogens is 1. The molecule has 1 aromatic carbocycles. The molecule has 11 nitrogen and oxygen atoms in total. The van der Waals surface area contributed by atoms with Gasteiger partial charge in [-0.25, -0.2) is 4.79 Å². The Morgan fingerprint density at radius 1 is 1.31 bits per heavy atom. The molecule has 29 heavy (non-hydrogen) atoms. The molecule has 0 spiro atoms. The maximum absolute atomic E-state index is 12.5. The highest BCUT2D eigenvalue weighted by atomic mass is 16.6. The molecule has 2 aromatic rings. The van der Waals surface area contributed by atoms with Crippen LogP contribution in [0.5, 0.6) is 0 Å². The van der Waals surface area contributed by atoms with Gasteiger partial charge in [-0.05, 0) is 25.5 Å². The van der Waals surface area contributed by atoms with Crippen molar-refractivity contribution < 1.29 is 9.72 Å². The first kappa shape index (κ1) is 21.7. The van der Waals surface area contributed by atoms with Gasteiger partial charge < -0.3 is 16.4 Å². The summed E-state index contributed by atoms with van der Waals surface area (Å²) in [5, 5.41) is 11.5. The molecule has 1 amide bonds. The van der Waals surface area contributed by atoms with E-state index in [2.05, 4.69) is 4.98 Å². The van der Waals surface area contributed by atoms with Crippen molar-refractivity contribution in [2.75, 3.05) is 17.2 Å². The monoisotopic (exact) mass is 404 g/mol. The van der Waals surface area contributed by atoms with Crippen molar-refractivity contribution in [3.63, 3.8) is 0 Å². The van der Waals surface area contributed by atoms with E-state index in [1.807, 2.05) is 6.92 Å². The van der Waals surface area contributed by atoms with Gasteiger partial charge in [-0.15, -0.1) is 0 Å². The van der Waals surface area contributed by atoms with Crippen LogP contribution in [0.3, 0.4) is 0 Å². The number of nitrogens with two attached hydrogens (primary N) is 2. The molecule has 0 saturated heterocycles. The number of aromatic amines is 1. The van der Waals surface area contributed by atoms with Crippen molar-refractivity contribution in [1.82, 2.24) is 9.55 Å². The molecule has 0 aliphatic carbocycles. The summed E-state index contributed by atoms with van der Waals surface area (Å²) >= 11 is 0. The van der Waals surface area contributed by atoms with Crippen LogP contribution < -0.4 is 27.6 Å². The van der Waals surface area contributed by atoms with Gasteiger partial charge in [0.2, 0.25) is 5.91 Å². The molecule has 0 saturated carbocycles. The molecule has 2 rings (SSSR count). The summed E-state index contributed by atoms with van der Waals surface area (Å²) in [6.45, 7) is 4.33. The van der Waals surface area contributed by atoms with Crippen LogP contribution in [-0.2, 0) is 13.1 Å². The lowest BCUT2D eigenvalue weighted by molar-refractivity contribution is -0.385. The lowest BCUT2D eigenvalue weighted by Gasteiger charge is -2.25. The Labute approximate surface area is 166 Å². The highest BCUT2D eigenvalue weighted by Crippen LogP contribution is 2.25. The maximum Gasteiger partial charge on any atom is 0.330 e. The molecule has 0 radical (unpaired) electrons. The third-order valence-corrected chi connectivity index (χ3v) is 4.58. The Kier molecular flexibility index (Phi) is 6.75. The van der Waals surface area contributed by atoms with Gasteiger partial charge in [0, 0.05) is 30.3 Å². The quantitative estimate of drug-likeness (QED) is 0.412. The summed E-state index contributed by atoms with van der Waals surface area (Å²) < 4.78 is 1.29. The molecule has 5 N–H and O–H groups in total. The number of nitro benzene ring substituents is 1. The lowest BCUT2D eigenvalue weighted by atomic mass is 10.1. The largest absolute Gasteiger partial charge is 0.383 e. The van der Waals surface area contributed by atoms with Crippen molar-refractivity contribution in [3.8, 4) is 0 Å². The normalized spacial score (nSPS) is 10.7. The molecule has 0 atom stereocenters. The smallest absolute Gasteiger partial charge is 0.330 e. The number of benzene rings is 1. The number of anilines is 2. The van der Waals surface area contributed by atoms with Crippen LogP contribution in [0.4, 0.5) is 17.2 Å². The standard InChI is InChI=1S/C18H24N6O5/c1-3-5-8-23-15(19)14(17(26)21-18(23)27)22(4-2)10-12-7-6-11(16(20)25)9-13(12)24(28)29/h6-7,9H,3-5,8,10,19H2,1-2H3,(H2,20,25)(H,21,26,27). The molecule has 1 heterocycles. The lowest BCUT2D eigenvalue weighted by Crippen LogP contribution is -2.38. The third kappa shape index (κ3) is 4.62. The predicted octanol–water partition coefficient (Wildman–Crippen LogP) is 0.953. The second-order valence-corrected chi connectivity index (χ2v) is 6.48. The van der Waals surface area contributed by atoms with E-state index in [0.29, 0.717) is 19.5 Å². The van der Waals surface area contributed by atoms with Crippen LogP contribution in [0.1, 0.15) is 42.6 Å². The van der Waals surface area contributed by atoms with Crippen molar-refractivity contribution in [2.45, 2.75) is 39.8 Å². The van der Waals surface area contributed by atoms with Crippen molar-refractivity contribution in [3.05, 3.63) is 60.3 Å². The number of nitro groups is 1. The zero-order valence-electron chi connectivity index (χ0n) is 16.3. The Hall–Kier alpha value is -3.63. The SMILES string of the molecule is CCCCn1c(N)c(N(CC)Cc2ccc(C(N)=O)cc2[N+](=O)[O-])c(=O)[nH]c1=O. The fourth-order valence-corrected chi connectivity index (χ4v) is 3.00. The second kappa shape index (κ2) is 9.04. The zero-order valence-corrected chi connectivity index (χ0v) is 16.3. The van der Waals surface area contributed by atoms with E-state index in [9.17, 15) is 24.5 Å². The first-order valence-corrected chi connectivity index (χ1v) is 9.15. The first-order chi connectivity index (χ1) is 13.7. The maximum atomic E-state index is 12.5. The number of rotatable bonds is 9. The van der Waals surface area contributed by atoms with Crippen LogP contribution in [0.15, 0.2) is 27.8 Å². The number of nitrogens with zero attached hydrogens (tertiary/aromatic N) is 3. The topological polar surface area (TPSA) is 170 Å². The van der Waals surface area contributed by atoms with Gasteiger partial charge in [-0.1, -0.05) is 13.3 Å². The Balaban J connectivity index is 2.53. The molecule has 0 aliphatic heterocycles. The molecule has 1 aromatic heterocycles. The fourth-order valence-electron chi connectivity index (χ4n) is 3.00. The first-order valence-electron chi connectivity index (χ1n) is 9.15. The number of primary amides is 1. The van der Waals surface area contributed by atoms with E-state index in [1.165, 1.54) is 16.7 Å². The summed E-state index contributed by atoms with van der Waals surface area (Å²) in [4.78, 5) is 50.5. The van der Waals surface area contributed by atoms with Crippen molar-refractivity contribution >= 4 is 23.1 Å². The van der Waals surface area contributed by atoms with Gasteiger partial charge in [0.15, 0.2) is 0 Å². The second-order valence-electron chi connectivity index (χ2n) is 6.48. The number of carbonyl (C=O) groups is 1. The molecule has 0 bridgehead atoms. The number of nitrogens with one attached hydrogen (secondary N) is 1. The van der Waals surface area contributed by atoms with Gasteiger partial charge in [0.05, 0.1) is 11.5 Å². The van der Waals surface area contributed by atoms with Crippen LogP contribution in [0, 0.1) is 10.1 Å². The number of hydrogen-bond donors (Lipinski definition) is 3. The number of aromatic nitrogens is 2. The highest BCUT2D eigenvalue weighted by molar-refractivity contribution is 5.93. The van der Waals surface area contributed by atoms with Gasteiger partial charge in [-0.3, -0.25) is 29.3 Å². The summed E-state index contributed by atoms with van der Waals surface area (Å²) in [6.07, 6.45) is 1.53. The van der Waals surface area contributed by atoms with E-state index in [-0.39, 0.29) is 34.9 Å². The molecule has 156 valence electrons. The van der Waals surface area contributed by atoms with E-state index < -0.39 is 22.1 Å². The fraction of sp³-hybridized carbons (Fsp3) is 0.389. The van der Waals surface area contributed by atoms with Crippen LogP contribution in [-0.4, -0.2) is 26.9 Å². The predicted molar refractivity (Wildman–Crippen MR) is 109 cm³/mol. The molecule has 0 aliphatic rings. The molecular weight excluding hydrogens is 380 g/mol. The summed E-state index contributed by atoms with van der Waals surface area (Å²) in [6, 6.07) is 3.90. The molecule has 0 unspecified atom stereocenters. The number of unbranched alkanes of at least 4 members (excludes halogenated alkanes) is 1. The van der Waals surface area contributed by atoms with Crippen LogP contribution in [0.25, 0.3) is 0 Å². The summed E-state index contributed by atoms with van der Waals surface area (Å²) in [5.41, 5.74) is 10.1.